The highest BCUT2D eigenvalue weighted by atomic mass is 16.5. The van der Waals surface area contributed by atoms with Gasteiger partial charge in [0.05, 0.1) is 17.4 Å². The minimum Gasteiger partial charge on any atom is -0.390 e. The number of carbonyl (C=O) groups excluding carboxylic acids is 1. The van der Waals surface area contributed by atoms with Crippen molar-refractivity contribution in [3.63, 3.8) is 0 Å². The molecule has 2 saturated heterocycles. The molecule has 1 unspecified atom stereocenters. The van der Waals surface area contributed by atoms with Gasteiger partial charge in [0.1, 0.15) is 5.76 Å². The van der Waals surface area contributed by atoms with Gasteiger partial charge in [0, 0.05) is 31.7 Å². The van der Waals surface area contributed by atoms with Crippen molar-refractivity contribution in [3.8, 4) is 0 Å². The molecule has 1 aromatic heterocycles. The summed E-state index contributed by atoms with van der Waals surface area (Å²) < 4.78 is 11.0. The van der Waals surface area contributed by atoms with E-state index in [-0.39, 0.29) is 5.91 Å². The molecular weight excluding hydrogens is 296 g/mol. The maximum atomic E-state index is 12.4. The first kappa shape index (κ1) is 16.5. The molecule has 6 heteroatoms. The Balaban J connectivity index is 1.52. The molecule has 0 aromatic carbocycles. The van der Waals surface area contributed by atoms with Gasteiger partial charge in [-0.15, -0.1) is 0 Å². The number of hydrogen-bond donors (Lipinski definition) is 1. The van der Waals surface area contributed by atoms with Gasteiger partial charge >= 0.3 is 0 Å². The van der Waals surface area contributed by atoms with Gasteiger partial charge in [-0.3, -0.25) is 4.79 Å². The summed E-state index contributed by atoms with van der Waals surface area (Å²) in [6, 6.07) is 0. The van der Waals surface area contributed by atoms with Gasteiger partial charge in [-0.05, 0) is 46.0 Å². The summed E-state index contributed by atoms with van der Waals surface area (Å²) >= 11 is 0. The van der Waals surface area contributed by atoms with Gasteiger partial charge in [-0.1, -0.05) is 5.16 Å². The zero-order valence-corrected chi connectivity index (χ0v) is 14.0. The molecule has 128 valence electrons. The molecule has 1 atom stereocenters. The quantitative estimate of drug-likeness (QED) is 0.917. The molecule has 0 radical (unpaired) electrons. The second-order valence-electron chi connectivity index (χ2n) is 6.75. The molecule has 1 aromatic rings. The number of aryl methyl sites for hydroxylation is 2. The van der Waals surface area contributed by atoms with Crippen molar-refractivity contribution in [2.75, 3.05) is 19.7 Å². The van der Waals surface area contributed by atoms with E-state index in [4.69, 9.17) is 9.26 Å². The molecule has 2 fully saturated rings. The molecule has 1 N–H and O–H groups in total. The molecule has 2 aliphatic heterocycles. The number of aromatic nitrogens is 1. The lowest BCUT2D eigenvalue weighted by Gasteiger charge is -2.46. The third-order valence-electron chi connectivity index (χ3n) is 5.35. The number of carbonyl (C=O) groups is 1. The van der Waals surface area contributed by atoms with Gasteiger partial charge in [0.2, 0.25) is 5.91 Å². The molecule has 3 heterocycles. The SMILES string of the molecule is Cc1noc(C)c1CCC(=O)N1CCC2(CC1)OCCCC2O. The minimum atomic E-state index is -0.420. The number of hydrogen-bond acceptors (Lipinski definition) is 5. The Morgan fingerprint density at radius 1 is 1.39 bits per heavy atom. The topological polar surface area (TPSA) is 75.8 Å². The first-order chi connectivity index (χ1) is 11.0. The van der Waals surface area contributed by atoms with Gasteiger partial charge in [-0.2, -0.15) is 0 Å². The van der Waals surface area contributed by atoms with Gasteiger partial charge in [-0.25, -0.2) is 0 Å². The summed E-state index contributed by atoms with van der Waals surface area (Å²) in [6.07, 6.45) is 3.93. The Labute approximate surface area is 136 Å². The van der Waals surface area contributed by atoms with Crippen LogP contribution in [0.4, 0.5) is 0 Å². The fraction of sp³-hybridized carbons (Fsp3) is 0.765. The third-order valence-corrected chi connectivity index (χ3v) is 5.35. The van der Waals surface area contributed by atoms with Crippen LogP contribution in [0.1, 0.15) is 49.1 Å². The van der Waals surface area contributed by atoms with Crippen LogP contribution < -0.4 is 0 Å². The van der Waals surface area contributed by atoms with Crippen molar-refractivity contribution in [1.82, 2.24) is 10.1 Å². The number of amides is 1. The second-order valence-corrected chi connectivity index (χ2v) is 6.75. The average Bonchev–Trinajstić information content (AvgIpc) is 2.87. The molecule has 0 aliphatic carbocycles. The number of rotatable bonds is 3. The predicted molar refractivity (Wildman–Crippen MR) is 84.0 cm³/mol. The Morgan fingerprint density at radius 3 is 2.74 bits per heavy atom. The molecule has 0 bridgehead atoms. The molecule has 6 nitrogen and oxygen atoms in total. The summed E-state index contributed by atoms with van der Waals surface area (Å²) in [5.41, 5.74) is 1.49. The van der Waals surface area contributed by atoms with Crippen molar-refractivity contribution in [1.29, 1.82) is 0 Å². The van der Waals surface area contributed by atoms with Crippen molar-refractivity contribution >= 4 is 5.91 Å². The van der Waals surface area contributed by atoms with Gasteiger partial charge in [0.15, 0.2) is 0 Å². The Morgan fingerprint density at radius 2 is 2.13 bits per heavy atom. The van der Waals surface area contributed by atoms with E-state index in [1.165, 1.54) is 0 Å². The molecule has 0 saturated carbocycles. The molecular formula is C17H26N2O4. The Hall–Kier alpha value is -1.40. The van der Waals surface area contributed by atoms with Crippen molar-refractivity contribution in [3.05, 3.63) is 17.0 Å². The summed E-state index contributed by atoms with van der Waals surface area (Å²) in [4.78, 5) is 14.3. The van der Waals surface area contributed by atoms with Crippen LogP contribution in [0, 0.1) is 13.8 Å². The first-order valence-corrected chi connectivity index (χ1v) is 8.53. The van der Waals surface area contributed by atoms with Gasteiger partial charge < -0.3 is 19.3 Å². The zero-order chi connectivity index (χ0) is 16.4. The van der Waals surface area contributed by atoms with Crippen molar-refractivity contribution in [2.24, 2.45) is 0 Å². The predicted octanol–water partition coefficient (Wildman–Crippen LogP) is 1.76. The van der Waals surface area contributed by atoms with E-state index < -0.39 is 11.7 Å². The highest BCUT2D eigenvalue weighted by Crippen LogP contribution is 2.35. The number of aliphatic hydroxyl groups is 1. The lowest BCUT2D eigenvalue weighted by molar-refractivity contribution is -0.179. The average molecular weight is 322 g/mol. The highest BCUT2D eigenvalue weighted by molar-refractivity contribution is 5.76. The second kappa shape index (κ2) is 6.61. The monoisotopic (exact) mass is 322 g/mol. The molecule has 2 aliphatic rings. The van der Waals surface area contributed by atoms with Crippen LogP contribution in [0.2, 0.25) is 0 Å². The van der Waals surface area contributed by atoms with Crippen LogP contribution in [0.25, 0.3) is 0 Å². The van der Waals surface area contributed by atoms with Crippen LogP contribution in [0.3, 0.4) is 0 Å². The van der Waals surface area contributed by atoms with E-state index in [9.17, 15) is 9.90 Å². The number of likely N-dealkylation sites (tertiary alicyclic amines) is 1. The van der Waals surface area contributed by atoms with E-state index in [1.807, 2.05) is 18.7 Å². The Bertz CT molecular complexity index is 541. The van der Waals surface area contributed by atoms with E-state index in [2.05, 4.69) is 5.16 Å². The lowest BCUT2D eigenvalue weighted by atomic mass is 9.82. The largest absolute Gasteiger partial charge is 0.390 e. The third kappa shape index (κ3) is 3.28. The van der Waals surface area contributed by atoms with Crippen LogP contribution in [0.15, 0.2) is 4.52 Å². The first-order valence-electron chi connectivity index (χ1n) is 8.53. The van der Waals surface area contributed by atoms with E-state index in [1.54, 1.807) is 0 Å². The number of ether oxygens (including phenoxy) is 1. The number of nitrogens with zero attached hydrogens (tertiary/aromatic N) is 2. The van der Waals surface area contributed by atoms with Crippen LogP contribution in [-0.4, -0.2) is 52.5 Å². The molecule has 1 spiro atoms. The van der Waals surface area contributed by atoms with Gasteiger partial charge in [0.25, 0.3) is 0 Å². The standard InChI is InChI=1S/C17H26N2O4/c1-12-14(13(2)23-18-12)5-6-16(21)19-9-7-17(8-10-19)15(20)4-3-11-22-17/h15,20H,3-11H2,1-2H3. The summed E-state index contributed by atoms with van der Waals surface area (Å²) in [5.74, 6) is 0.955. The van der Waals surface area contributed by atoms with E-state index in [0.29, 0.717) is 25.9 Å². The fourth-order valence-corrected chi connectivity index (χ4v) is 3.77. The lowest BCUT2D eigenvalue weighted by Crippen LogP contribution is -2.56. The smallest absolute Gasteiger partial charge is 0.222 e. The summed E-state index contributed by atoms with van der Waals surface area (Å²) in [5, 5.41) is 14.2. The molecule has 3 rings (SSSR count). The minimum absolute atomic E-state index is 0.158. The van der Waals surface area contributed by atoms with E-state index >= 15 is 0 Å². The maximum Gasteiger partial charge on any atom is 0.222 e. The molecule has 23 heavy (non-hydrogen) atoms. The maximum absolute atomic E-state index is 12.4. The van der Waals surface area contributed by atoms with Crippen LogP contribution >= 0.6 is 0 Å². The van der Waals surface area contributed by atoms with Crippen LogP contribution in [-0.2, 0) is 16.0 Å². The summed E-state index contributed by atoms with van der Waals surface area (Å²) in [6.45, 7) is 5.83. The number of piperidine rings is 1. The van der Waals surface area contributed by atoms with Crippen molar-refractivity contribution in [2.45, 2.75) is 64.1 Å². The van der Waals surface area contributed by atoms with E-state index in [0.717, 1.165) is 49.3 Å². The fourth-order valence-electron chi connectivity index (χ4n) is 3.77. The number of aliphatic hydroxyl groups excluding tert-OH is 1. The van der Waals surface area contributed by atoms with Crippen molar-refractivity contribution < 1.29 is 19.2 Å². The normalized spacial score (nSPS) is 24.1. The van der Waals surface area contributed by atoms with Crippen LogP contribution in [0.5, 0.6) is 0 Å². The Kier molecular flexibility index (Phi) is 4.73. The summed E-state index contributed by atoms with van der Waals surface area (Å²) in [7, 11) is 0. The molecule has 1 amide bonds. The highest BCUT2D eigenvalue weighted by Gasteiger charge is 2.44. The zero-order valence-electron chi connectivity index (χ0n) is 14.0.